The van der Waals surface area contributed by atoms with Crippen molar-refractivity contribution in [1.29, 1.82) is 0 Å². The van der Waals surface area contributed by atoms with Gasteiger partial charge in [0, 0.05) is 32.3 Å². The molecule has 2 heteroatoms. The van der Waals surface area contributed by atoms with Crippen molar-refractivity contribution in [3.8, 4) is 33.4 Å². The predicted molar refractivity (Wildman–Crippen MR) is 222 cm³/mol. The summed E-state index contributed by atoms with van der Waals surface area (Å²) in [7, 11) is 0. The Balaban J connectivity index is 1.20. The van der Waals surface area contributed by atoms with Crippen LogP contribution in [0.2, 0.25) is 0 Å². The molecule has 10 rings (SSSR count). The van der Waals surface area contributed by atoms with E-state index in [0.29, 0.717) is 0 Å². The number of nitrogens with zero attached hydrogens (tertiary/aromatic N) is 1. The summed E-state index contributed by atoms with van der Waals surface area (Å²) < 4.78 is 2.59. The molecular weight excluding hydrogens is 647 g/mol. The standard InChI is InChI=1S/C50H35NS/c1-50(43-24-10-8-21-40(43)41-22-9-11-25-44(41)50)45-26-14-28-47-48(45)42-23-13-27-46(49(42)52-47)51(38-31-29-36(30-32-38)34-15-4-2-5-16-34)39-20-12-19-37(33-39)35-17-6-3-7-18-35/h2-33H,1H3. The monoisotopic (exact) mass is 681 g/mol. The Morgan fingerprint density at radius 2 is 0.962 bits per heavy atom. The molecule has 0 unspecified atom stereocenters. The van der Waals surface area contributed by atoms with Gasteiger partial charge in [0.15, 0.2) is 0 Å². The van der Waals surface area contributed by atoms with Crippen LogP contribution < -0.4 is 4.90 Å². The quantitative estimate of drug-likeness (QED) is 0.169. The van der Waals surface area contributed by atoms with Gasteiger partial charge in [-0.2, -0.15) is 0 Å². The van der Waals surface area contributed by atoms with Crippen LogP contribution in [0.4, 0.5) is 17.1 Å². The molecule has 0 saturated heterocycles. The van der Waals surface area contributed by atoms with Gasteiger partial charge in [-0.05, 0) is 93.4 Å². The topological polar surface area (TPSA) is 3.24 Å². The molecule has 52 heavy (non-hydrogen) atoms. The molecule has 0 atom stereocenters. The highest BCUT2D eigenvalue weighted by Crippen LogP contribution is 2.55. The van der Waals surface area contributed by atoms with Crippen LogP contribution >= 0.6 is 11.3 Å². The molecule has 0 fully saturated rings. The number of benzene rings is 8. The maximum atomic E-state index is 2.44. The average molecular weight is 682 g/mol. The summed E-state index contributed by atoms with van der Waals surface area (Å²) >= 11 is 1.90. The number of fused-ring (bicyclic) bond motifs is 6. The maximum absolute atomic E-state index is 2.44. The van der Waals surface area contributed by atoms with Crippen molar-refractivity contribution in [1.82, 2.24) is 0 Å². The molecule has 0 aliphatic heterocycles. The number of anilines is 3. The minimum absolute atomic E-state index is 0.284. The minimum atomic E-state index is -0.284. The van der Waals surface area contributed by atoms with Gasteiger partial charge < -0.3 is 4.90 Å². The Labute approximate surface area is 308 Å². The molecule has 1 aromatic heterocycles. The van der Waals surface area contributed by atoms with Gasteiger partial charge in [-0.15, -0.1) is 11.3 Å². The van der Waals surface area contributed by atoms with Crippen LogP contribution in [-0.2, 0) is 5.41 Å². The largest absolute Gasteiger partial charge is 0.309 e. The Morgan fingerprint density at radius 1 is 0.423 bits per heavy atom. The second kappa shape index (κ2) is 12.2. The van der Waals surface area contributed by atoms with Crippen molar-refractivity contribution >= 4 is 48.6 Å². The summed E-state index contributed by atoms with van der Waals surface area (Å²) in [6.07, 6.45) is 0. The molecule has 1 aliphatic rings. The number of thiophene rings is 1. The summed E-state index contributed by atoms with van der Waals surface area (Å²) in [5, 5.41) is 2.64. The van der Waals surface area contributed by atoms with Gasteiger partial charge in [-0.3, -0.25) is 0 Å². The molecule has 9 aromatic rings. The van der Waals surface area contributed by atoms with Gasteiger partial charge in [0.25, 0.3) is 0 Å². The van der Waals surface area contributed by atoms with E-state index in [1.54, 1.807) is 0 Å². The van der Waals surface area contributed by atoms with Gasteiger partial charge in [-0.25, -0.2) is 0 Å². The minimum Gasteiger partial charge on any atom is -0.309 e. The Hall–Kier alpha value is -6.22. The molecule has 8 aromatic carbocycles. The van der Waals surface area contributed by atoms with E-state index in [2.05, 4.69) is 206 Å². The Kier molecular flexibility index (Phi) is 7.19. The summed E-state index contributed by atoms with van der Waals surface area (Å²) in [5.74, 6) is 0. The zero-order valence-electron chi connectivity index (χ0n) is 28.8. The van der Waals surface area contributed by atoms with E-state index in [4.69, 9.17) is 0 Å². The van der Waals surface area contributed by atoms with Crippen LogP contribution in [-0.4, -0.2) is 0 Å². The fourth-order valence-corrected chi connectivity index (χ4v) is 9.72. The molecular formula is C50H35NS. The lowest BCUT2D eigenvalue weighted by molar-refractivity contribution is 0.722. The molecule has 0 saturated carbocycles. The van der Waals surface area contributed by atoms with Gasteiger partial charge in [0.05, 0.1) is 10.4 Å². The first-order valence-electron chi connectivity index (χ1n) is 17.9. The normalized spacial score (nSPS) is 12.9. The lowest BCUT2D eigenvalue weighted by atomic mass is 9.73. The fourth-order valence-electron chi connectivity index (χ4n) is 8.48. The molecule has 0 spiro atoms. The van der Waals surface area contributed by atoms with Crippen molar-refractivity contribution in [3.05, 3.63) is 211 Å². The van der Waals surface area contributed by atoms with Gasteiger partial charge in [-0.1, -0.05) is 158 Å². The third kappa shape index (κ3) is 4.76. The second-order valence-corrected chi connectivity index (χ2v) is 14.9. The van der Waals surface area contributed by atoms with Crippen molar-refractivity contribution in [3.63, 3.8) is 0 Å². The molecule has 0 amide bonds. The van der Waals surface area contributed by atoms with Gasteiger partial charge >= 0.3 is 0 Å². The van der Waals surface area contributed by atoms with Crippen LogP contribution in [0.25, 0.3) is 53.6 Å². The summed E-state index contributed by atoms with van der Waals surface area (Å²) in [5.41, 5.74) is 14.7. The Bertz CT molecular complexity index is 2700. The van der Waals surface area contributed by atoms with Crippen molar-refractivity contribution in [2.24, 2.45) is 0 Å². The number of rotatable bonds is 6. The predicted octanol–water partition coefficient (Wildman–Crippen LogP) is 14.2. The first-order valence-corrected chi connectivity index (χ1v) is 18.8. The van der Waals surface area contributed by atoms with E-state index >= 15 is 0 Å². The summed E-state index contributed by atoms with van der Waals surface area (Å²) in [4.78, 5) is 2.44. The van der Waals surface area contributed by atoms with Crippen LogP contribution in [0.5, 0.6) is 0 Å². The van der Waals surface area contributed by atoms with E-state index in [1.807, 2.05) is 11.3 Å². The SMILES string of the molecule is CC1(c2cccc3sc4c(N(c5ccc(-c6ccccc6)cc5)c5cccc(-c6ccccc6)c5)cccc4c23)c2ccccc2-c2ccccc21. The third-order valence-corrected chi connectivity index (χ3v) is 12.1. The molecule has 1 heterocycles. The maximum Gasteiger partial charge on any atom is 0.0640 e. The highest BCUT2D eigenvalue weighted by molar-refractivity contribution is 7.26. The molecule has 1 aliphatic carbocycles. The smallest absolute Gasteiger partial charge is 0.0640 e. The van der Waals surface area contributed by atoms with Crippen LogP contribution in [0.3, 0.4) is 0 Å². The summed E-state index contributed by atoms with van der Waals surface area (Å²) in [6.45, 7) is 2.43. The third-order valence-electron chi connectivity index (χ3n) is 10.9. The number of hydrogen-bond donors (Lipinski definition) is 0. The van der Waals surface area contributed by atoms with Crippen LogP contribution in [0, 0.1) is 0 Å². The first kappa shape index (κ1) is 30.6. The molecule has 0 bridgehead atoms. The lowest BCUT2D eigenvalue weighted by Crippen LogP contribution is -2.22. The fraction of sp³-hybridized carbons (Fsp3) is 0.0400. The lowest BCUT2D eigenvalue weighted by Gasteiger charge is -2.29. The highest BCUT2D eigenvalue weighted by atomic mass is 32.1. The zero-order chi connectivity index (χ0) is 34.6. The second-order valence-electron chi connectivity index (χ2n) is 13.8. The van der Waals surface area contributed by atoms with E-state index in [9.17, 15) is 0 Å². The molecule has 0 N–H and O–H groups in total. The van der Waals surface area contributed by atoms with E-state index in [-0.39, 0.29) is 5.41 Å². The molecule has 0 radical (unpaired) electrons. The molecule has 246 valence electrons. The summed E-state index contributed by atoms with van der Waals surface area (Å²) in [6, 6.07) is 71.0. The van der Waals surface area contributed by atoms with Crippen molar-refractivity contribution in [2.75, 3.05) is 4.90 Å². The van der Waals surface area contributed by atoms with Gasteiger partial charge in [0.2, 0.25) is 0 Å². The van der Waals surface area contributed by atoms with E-state index in [0.717, 1.165) is 11.4 Å². The van der Waals surface area contributed by atoms with E-state index < -0.39 is 0 Å². The van der Waals surface area contributed by atoms with Crippen LogP contribution in [0.15, 0.2) is 194 Å². The molecule has 1 nitrogen and oxygen atoms in total. The Morgan fingerprint density at radius 3 is 1.65 bits per heavy atom. The van der Waals surface area contributed by atoms with Gasteiger partial charge in [0.1, 0.15) is 0 Å². The van der Waals surface area contributed by atoms with E-state index in [1.165, 1.54) is 75.9 Å². The van der Waals surface area contributed by atoms with Crippen molar-refractivity contribution < 1.29 is 0 Å². The highest BCUT2D eigenvalue weighted by Gasteiger charge is 2.41. The number of hydrogen-bond acceptors (Lipinski definition) is 2. The first-order chi connectivity index (χ1) is 25.7. The van der Waals surface area contributed by atoms with Crippen molar-refractivity contribution in [2.45, 2.75) is 12.3 Å². The van der Waals surface area contributed by atoms with Crippen LogP contribution in [0.1, 0.15) is 23.6 Å². The average Bonchev–Trinajstić information content (AvgIpc) is 3.73. The zero-order valence-corrected chi connectivity index (χ0v) is 29.6.